The first-order valence-corrected chi connectivity index (χ1v) is 8.23. The van der Waals surface area contributed by atoms with E-state index in [4.69, 9.17) is 0 Å². The highest BCUT2D eigenvalue weighted by Crippen LogP contribution is 2.43. The fourth-order valence-electron chi connectivity index (χ4n) is 3.93. The molecular weight excluding hydrogens is 290 g/mol. The number of nitrogens with zero attached hydrogens (tertiary/aromatic N) is 4. The third-order valence-corrected chi connectivity index (χ3v) is 5.06. The van der Waals surface area contributed by atoms with Gasteiger partial charge in [-0.3, -0.25) is 9.69 Å². The second kappa shape index (κ2) is 5.45. The molecule has 3 heterocycles. The number of rotatable bonds is 3. The lowest BCUT2D eigenvalue weighted by Crippen LogP contribution is -2.49. The van der Waals surface area contributed by atoms with Gasteiger partial charge in [-0.05, 0) is 37.9 Å². The van der Waals surface area contributed by atoms with Crippen LogP contribution in [0.2, 0.25) is 0 Å². The number of nitrogens with one attached hydrogen (secondary N) is 1. The van der Waals surface area contributed by atoms with Gasteiger partial charge < -0.3 is 5.32 Å². The molecule has 1 N–H and O–H groups in total. The zero-order valence-corrected chi connectivity index (χ0v) is 13.3. The van der Waals surface area contributed by atoms with Crippen molar-refractivity contribution in [2.75, 3.05) is 18.4 Å². The van der Waals surface area contributed by atoms with E-state index in [9.17, 15) is 4.79 Å². The maximum Gasteiger partial charge on any atom is 0.236 e. The number of carbonyl (C=O) groups is 1. The van der Waals surface area contributed by atoms with Crippen molar-refractivity contribution < 1.29 is 4.79 Å². The number of hydrogen-bond acceptors (Lipinski definition) is 4. The minimum Gasteiger partial charge on any atom is -0.325 e. The highest BCUT2D eigenvalue weighted by molar-refractivity contribution is 6.06. The Morgan fingerprint density at radius 2 is 2.22 bits per heavy atom. The molecule has 1 fully saturated rings. The molecule has 120 valence electrons. The predicted molar refractivity (Wildman–Crippen MR) is 87.0 cm³/mol. The maximum atomic E-state index is 12.7. The van der Waals surface area contributed by atoms with Crippen molar-refractivity contribution in [1.82, 2.24) is 19.7 Å². The van der Waals surface area contributed by atoms with Crippen LogP contribution >= 0.6 is 0 Å². The van der Waals surface area contributed by atoms with Crippen molar-refractivity contribution in [3.05, 3.63) is 42.0 Å². The summed E-state index contributed by atoms with van der Waals surface area (Å²) in [6.45, 7) is 5.36. The van der Waals surface area contributed by atoms with Crippen molar-refractivity contribution in [3.63, 3.8) is 0 Å². The smallest absolute Gasteiger partial charge is 0.236 e. The number of aryl methyl sites for hydroxylation is 1. The van der Waals surface area contributed by atoms with Crippen LogP contribution in [0.3, 0.4) is 0 Å². The number of fused-ring (bicyclic) bond motifs is 2. The molecule has 1 aromatic heterocycles. The molecule has 1 atom stereocenters. The Kier molecular flexibility index (Phi) is 3.41. The fourth-order valence-corrected chi connectivity index (χ4v) is 3.93. The van der Waals surface area contributed by atoms with Crippen LogP contribution in [-0.2, 0) is 23.3 Å². The average molecular weight is 311 g/mol. The number of para-hydroxylation sites is 1. The zero-order chi connectivity index (χ0) is 15.9. The topological polar surface area (TPSA) is 63.1 Å². The number of likely N-dealkylation sites (tertiary alicyclic amines) is 1. The standard InChI is InChI=1S/C17H21N5O/c1-2-22-15(18-12-19-22)10-21-9-5-8-17(11-21)13-6-3-4-7-14(13)20-16(17)23/h3-4,6-7,12H,2,5,8-11H2,1H3,(H,20,23)/t17-/m0/s1. The summed E-state index contributed by atoms with van der Waals surface area (Å²) in [7, 11) is 0. The van der Waals surface area contributed by atoms with E-state index in [0.717, 1.165) is 56.1 Å². The van der Waals surface area contributed by atoms with E-state index < -0.39 is 5.41 Å². The van der Waals surface area contributed by atoms with Crippen LogP contribution < -0.4 is 5.32 Å². The van der Waals surface area contributed by atoms with Crippen molar-refractivity contribution >= 4 is 11.6 Å². The van der Waals surface area contributed by atoms with Crippen LogP contribution in [0.4, 0.5) is 5.69 Å². The predicted octanol–water partition coefficient (Wildman–Crippen LogP) is 1.78. The lowest BCUT2D eigenvalue weighted by atomic mass is 9.75. The Morgan fingerprint density at radius 1 is 1.35 bits per heavy atom. The van der Waals surface area contributed by atoms with Gasteiger partial charge in [0.15, 0.2) is 0 Å². The first-order chi connectivity index (χ1) is 11.2. The van der Waals surface area contributed by atoms with Crippen LogP contribution in [0.15, 0.2) is 30.6 Å². The minimum atomic E-state index is -0.411. The molecule has 2 aromatic rings. The quantitative estimate of drug-likeness (QED) is 0.938. The van der Waals surface area contributed by atoms with E-state index in [1.165, 1.54) is 0 Å². The molecule has 1 saturated heterocycles. The first kappa shape index (κ1) is 14.4. The summed E-state index contributed by atoms with van der Waals surface area (Å²) in [4.78, 5) is 19.4. The number of amides is 1. The molecule has 2 aliphatic heterocycles. The number of piperidine rings is 1. The molecule has 1 aromatic carbocycles. The summed E-state index contributed by atoms with van der Waals surface area (Å²) >= 11 is 0. The van der Waals surface area contributed by atoms with Gasteiger partial charge in [0.05, 0.1) is 12.0 Å². The molecule has 0 radical (unpaired) electrons. The summed E-state index contributed by atoms with van der Waals surface area (Å²) < 4.78 is 1.92. The average Bonchev–Trinajstić information content (AvgIpc) is 3.12. The van der Waals surface area contributed by atoms with Gasteiger partial charge >= 0.3 is 0 Å². The van der Waals surface area contributed by atoms with Crippen LogP contribution in [0.5, 0.6) is 0 Å². The van der Waals surface area contributed by atoms with Crippen molar-refractivity contribution in [2.45, 2.75) is 38.3 Å². The second-order valence-electron chi connectivity index (χ2n) is 6.39. The maximum absolute atomic E-state index is 12.7. The molecule has 1 spiro atoms. The van der Waals surface area contributed by atoms with Gasteiger partial charge in [0.25, 0.3) is 0 Å². The molecule has 0 unspecified atom stereocenters. The first-order valence-electron chi connectivity index (χ1n) is 8.23. The Labute approximate surface area is 135 Å². The van der Waals surface area contributed by atoms with Gasteiger partial charge in [0, 0.05) is 18.8 Å². The largest absolute Gasteiger partial charge is 0.325 e. The lowest BCUT2D eigenvalue weighted by Gasteiger charge is -2.38. The van der Waals surface area contributed by atoms with Crippen molar-refractivity contribution in [1.29, 1.82) is 0 Å². The van der Waals surface area contributed by atoms with Crippen LogP contribution in [0.1, 0.15) is 31.2 Å². The second-order valence-corrected chi connectivity index (χ2v) is 6.39. The number of benzene rings is 1. The minimum absolute atomic E-state index is 0.139. The van der Waals surface area contributed by atoms with Crippen LogP contribution in [-0.4, -0.2) is 38.7 Å². The van der Waals surface area contributed by atoms with Crippen LogP contribution in [0.25, 0.3) is 0 Å². The Bertz CT molecular complexity index is 740. The van der Waals surface area contributed by atoms with Gasteiger partial charge in [0.2, 0.25) is 5.91 Å². The Morgan fingerprint density at radius 3 is 3.09 bits per heavy atom. The van der Waals surface area contributed by atoms with Crippen molar-refractivity contribution in [2.24, 2.45) is 0 Å². The Hall–Kier alpha value is -2.21. The Balaban J connectivity index is 1.61. The van der Waals surface area contributed by atoms with E-state index in [2.05, 4.69) is 33.3 Å². The number of aromatic nitrogens is 3. The van der Waals surface area contributed by atoms with Gasteiger partial charge in [-0.25, -0.2) is 9.67 Å². The molecule has 0 saturated carbocycles. The highest BCUT2D eigenvalue weighted by Gasteiger charge is 2.48. The highest BCUT2D eigenvalue weighted by atomic mass is 16.2. The summed E-state index contributed by atoms with van der Waals surface area (Å²) in [6, 6.07) is 8.08. The molecule has 4 rings (SSSR count). The van der Waals surface area contributed by atoms with E-state index in [1.54, 1.807) is 6.33 Å². The molecule has 6 heteroatoms. The third-order valence-electron chi connectivity index (χ3n) is 5.06. The zero-order valence-electron chi connectivity index (χ0n) is 13.3. The normalized spacial score (nSPS) is 24.0. The van der Waals surface area contributed by atoms with E-state index in [-0.39, 0.29) is 5.91 Å². The monoisotopic (exact) mass is 311 g/mol. The number of carbonyl (C=O) groups excluding carboxylic acids is 1. The van der Waals surface area contributed by atoms with E-state index in [0.29, 0.717) is 0 Å². The molecule has 6 nitrogen and oxygen atoms in total. The van der Waals surface area contributed by atoms with Gasteiger partial charge in [-0.1, -0.05) is 18.2 Å². The number of hydrogen-bond donors (Lipinski definition) is 1. The molecule has 2 aliphatic rings. The molecular formula is C17H21N5O. The van der Waals surface area contributed by atoms with E-state index >= 15 is 0 Å². The van der Waals surface area contributed by atoms with Crippen LogP contribution in [0, 0.1) is 0 Å². The molecule has 0 bridgehead atoms. The number of anilines is 1. The lowest BCUT2D eigenvalue weighted by molar-refractivity contribution is -0.123. The van der Waals surface area contributed by atoms with Crippen molar-refractivity contribution in [3.8, 4) is 0 Å². The third kappa shape index (κ3) is 2.25. The van der Waals surface area contributed by atoms with Gasteiger partial charge in [-0.2, -0.15) is 5.10 Å². The summed E-state index contributed by atoms with van der Waals surface area (Å²) in [6.07, 6.45) is 3.53. The summed E-state index contributed by atoms with van der Waals surface area (Å²) in [5.41, 5.74) is 1.70. The molecule has 23 heavy (non-hydrogen) atoms. The molecule has 1 amide bonds. The fraction of sp³-hybridized carbons (Fsp3) is 0.471. The SMILES string of the molecule is CCn1ncnc1CN1CCC[C@@]2(C1)C(=O)Nc1ccccc12. The van der Waals surface area contributed by atoms with Gasteiger partial charge in [0.1, 0.15) is 12.2 Å². The van der Waals surface area contributed by atoms with E-state index in [1.807, 2.05) is 22.9 Å². The summed E-state index contributed by atoms with van der Waals surface area (Å²) in [5, 5.41) is 7.30. The summed E-state index contributed by atoms with van der Waals surface area (Å²) in [5.74, 6) is 1.11. The van der Waals surface area contributed by atoms with Gasteiger partial charge in [-0.15, -0.1) is 0 Å². The molecule has 0 aliphatic carbocycles.